The molecule has 0 heterocycles. The summed E-state index contributed by atoms with van der Waals surface area (Å²) in [5.74, 6) is -0.179. The Bertz CT molecular complexity index is 353. The van der Waals surface area contributed by atoms with Crippen LogP contribution < -0.4 is 11.1 Å². The van der Waals surface area contributed by atoms with Gasteiger partial charge in [0.25, 0.3) is 0 Å². The van der Waals surface area contributed by atoms with E-state index in [0.29, 0.717) is 16.3 Å². The Morgan fingerprint density at radius 1 is 1.57 bits per heavy atom. The SMILES string of the molecule is CC(=O)Nc1ccc([S+](C)[O-])cc1N. The van der Waals surface area contributed by atoms with Gasteiger partial charge in [0.1, 0.15) is 6.26 Å². The molecule has 0 saturated heterocycles. The van der Waals surface area contributed by atoms with Crippen molar-refractivity contribution in [3.8, 4) is 0 Å². The predicted molar refractivity (Wildman–Crippen MR) is 57.5 cm³/mol. The fourth-order valence-corrected chi connectivity index (χ4v) is 1.58. The maximum Gasteiger partial charge on any atom is 0.221 e. The van der Waals surface area contributed by atoms with Crippen LogP contribution in [0.5, 0.6) is 0 Å². The second-order valence-corrected chi connectivity index (χ2v) is 4.26. The summed E-state index contributed by atoms with van der Waals surface area (Å²) in [6, 6.07) is 4.92. The Balaban J connectivity index is 2.95. The molecule has 0 bridgehead atoms. The minimum Gasteiger partial charge on any atom is -0.612 e. The van der Waals surface area contributed by atoms with E-state index in [1.54, 1.807) is 24.5 Å². The number of carbonyl (C=O) groups is 1. The van der Waals surface area contributed by atoms with Crippen molar-refractivity contribution >= 4 is 28.5 Å². The van der Waals surface area contributed by atoms with Gasteiger partial charge in [-0.1, -0.05) is 0 Å². The summed E-state index contributed by atoms with van der Waals surface area (Å²) >= 11 is -1.05. The third-order valence-electron chi connectivity index (χ3n) is 1.67. The number of amides is 1. The lowest BCUT2D eigenvalue weighted by atomic mass is 10.2. The van der Waals surface area contributed by atoms with Crippen LogP contribution in [0.1, 0.15) is 6.92 Å². The maximum atomic E-state index is 11.1. The lowest BCUT2D eigenvalue weighted by Gasteiger charge is -2.08. The molecular formula is C9H12N2O2S. The van der Waals surface area contributed by atoms with Crippen molar-refractivity contribution in [3.05, 3.63) is 18.2 Å². The number of hydrogen-bond acceptors (Lipinski definition) is 3. The summed E-state index contributed by atoms with van der Waals surface area (Å²) in [5, 5.41) is 2.58. The van der Waals surface area contributed by atoms with Gasteiger partial charge in [-0.15, -0.1) is 0 Å². The predicted octanol–water partition coefficient (Wildman–Crippen LogP) is 0.965. The number of hydrogen-bond donors (Lipinski definition) is 2. The van der Waals surface area contributed by atoms with Crippen molar-refractivity contribution in [1.82, 2.24) is 0 Å². The molecule has 1 rings (SSSR count). The monoisotopic (exact) mass is 212 g/mol. The molecule has 0 aromatic heterocycles. The number of nitrogen functional groups attached to an aromatic ring is 1. The fourth-order valence-electron chi connectivity index (χ4n) is 1.02. The topological polar surface area (TPSA) is 78.2 Å². The molecule has 76 valence electrons. The van der Waals surface area contributed by atoms with E-state index in [1.165, 1.54) is 6.92 Å². The van der Waals surface area contributed by atoms with Crippen LogP contribution in [-0.2, 0) is 16.0 Å². The van der Waals surface area contributed by atoms with E-state index >= 15 is 0 Å². The van der Waals surface area contributed by atoms with Crippen molar-refractivity contribution in [2.24, 2.45) is 0 Å². The number of nitrogens with two attached hydrogens (primary N) is 1. The third kappa shape index (κ3) is 2.65. The van der Waals surface area contributed by atoms with Crippen molar-refractivity contribution in [2.45, 2.75) is 11.8 Å². The minimum absolute atomic E-state index is 0.179. The molecule has 0 fully saturated rings. The molecule has 1 unspecified atom stereocenters. The van der Waals surface area contributed by atoms with E-state index in [2.05, 4.69) is 5.32 Å². The first kappa shape index (κ1) is 10.9. The van der Waals surface area contributed by atoms with E-state index in [-0.39, 0.29) is 5.91 Å². The summed E-state index contributed by atoms with van der Waals surface area (Å²) in [6.07, 6.45) is 1.58. The van der Waals surface area contributed by atoms with Gasteiger partial charge >= 0.3 is 0 Å². The third-order valence-corrected chi connectivity index (χ3v) is 2.58. The molecule has 1 aromatic rings. The Morgan fingerprint density at radius 3 is 2.64 bits per heavy atom. The molecule has 1 aromatic carbocycles. The first-order valence-electron chi connectivity index (χ1n) is 4.01. The van der Waals surface area contributed by atoms with Crippen molar-refractivity contribution in [3.63, 3.8) is 0 Å². The van der Waals surface area contributed by atoms with Gasteiger partial charge in [-0.3, -0.25) is 4.79 Å². The van der Waals surface area contributed by atoms with E-state index < -0.39 is 11.2 Å². The Labute approximate surface area is 85.7 Å². The molecule has 0 radical (unpaired) electrons. The summed E-state index contributed by atoms with van der Waals surface area (Å²) < 4.78 is 11.1. The van der Waals surface area contributed by atoms with E-state index in [4.69, 9.17) is 5.73 Å². The highest BCUT2D eigenvalue weighted by molar-refractivity contribution is 7.90. The molecule has 5 heteroatoms. The number of benzene rings is 1. The molecule has 4 nitrogen and oxygen atoms in total. The molecule has 0 aliphatic heterocycles. The van der Waals surface area contributed by atoms with Gasteiger partial charge in [0, 0.05) is 13.0 Å². The van der Waals surface area contributed by atoms with E-state index in [9.17, 15) is 9.35 Å². The molecule has 0 spiro atoms. The first-order valence-corrected chi connectivity index (χ1v) is 5.57. The van der Waals surface area contributed by atoms with Gasteiger partial charge in [0.2, 0.25) is 5.91 Å². The zero-order chi connectivity index (χ0) is 10.7. The van der Waals surface area contributed by atoms with E-state index in [0.717, 1.165) is 0 Å². The normalized spacial score (nSPS) is 12.2. The van der Waals surface area contributed by atoms with Crippen LogP contribution in [0.15, 0.2) is 23.1 Å². The molecular weight excluding hydrogens is 200 g/mol. The highest BCUT2D eigenvalue weighted by Gasteiger charge is 2.07. The number of anilines is 2. The van der Waals surface area contributed by atoms with Crippen LogP contribution >= 0.6 is 0 Å². The molecule has 0 aliphatic carbocycles. The van der Waals surface area contributed by atoms with Crippen molar-refractivity contribution in [2.75, 3.05) is 17.3 Å². The average molecular weight is 212 g/mol. The van der Waals surface area contributed by atoms with Gasteiger partial charge < -0.3 is 15.6 Å². The van der Waals surface area contributed by atoms with Gasteiger partial charge in [0.15, 0.2) is 4.90 Å². The summed E-state index contributed by atoms with van der Waals surface area (Å²) in [4.78, 5) is 11.4. The molecule has 0 saturated carbocycles. The van der Waals surface area contributed by atoms with Crippen molar-refractivity contribution in [1.29, 1.82) is 0 Å². The highest BCUT2D eigenvalue weighted by atomic mass is 32.2. The largest absolute Gasteiger partial charge is 0.612 e. The summed E-state index contributed by atoms with van der Waals surface area (Å²) in [5.41, 5.74) is 6.63. The first-order chi connectivity index (χ1) is 6.50. The molecule has 1 atom stereocenters. The summed E-state index contributed by atoms with van der Waals surface area (Å²) in [6.45, 7) is 1.41. The quantitative estimate of drug-likeness (QED) is 0.566. The van der Waals surface area contributed by atoms with Crippen LogP contribution in [0, 0.1) is 0 Å². The molecule has 3 N–H and O–H groups in total. The summed E-state index contributed by atoms with van der Waals surface area (Å²) in [7, 11) is 0. The van der Waals surface area contributed by atoms with Gasteiger partial charge in [-0.2, -0.15) is 0 Å². The maximum absolute atomic E-state index is 11.1. The second-order valence-electron chi connectivity index (χ2n) is 2.88. The van der Waals surface area contributed by atoms with Crippen LogP contribution in [0.25, 0.3) is 0 Å². The lowest BCUT2D eigenvalue weighted by molar-refractivity contribution is -0.114. The smallest absolute Gasteiger partial charge is 0.221 e. The van der Waals surface area contributed by atoms with E-state index in [1.807, 2.05) is 0 Å². The number of nitrogens with one attached hydrogen (secondary N) is 1. The molecule has 0 aliphatic rings. The number of carbonyl (C=O) groups excluding carboxylic acids is 1. The van der Waals surface area contributed by atoms with Crippen LogP contribution in [0.2, 0.25) is 0 Å². The zero-order valence-corrected chi connectivity index (χ0v) is 8.85. The lowest BCUT2D eigenvalue weighted by Crippen LogP contribution is -2.08. The van der Waals surface area contributed by atoms with Gasteiger partial charge in [-0.25, -0.2) is 0 Å². The Kier molecular flexibility index (Phi) is 3.38. The fraction of sp³-hybridized carbons (Fsp3) is 0.222. The van der Waals surface area contributed by atoms with Gasteiger partial charge in [0.05, 0.1) is 11.4 Å². The molecule has 14 heavy (non-hydrogen) atoms. The minimum atomic E-state index is -1.05. The highest BCUT2D eigenvalue weighted by Crippen LogP contribution is 2.22. The Hall–Kier alpha value is -1.20. The average Bonchev–Trinajstić information content (AvgIpc) is 2.07. The van der Waals surface area contributed by atoms with Crippen LogP contribution in [0.3, 0.4) is 0 Å². The zero-order valence-electron chi connectivity index (χ0n) is 8.03. The van der Waals surface area contributed by atoms with Crippen LogP contribution in [-0.4, -0.2) is 16.7 Å². The Morgan fingerprint density at radius 2 is 2.21 bits per heavy atom. The standard InChI is InChI=1S/C9H12N2O2S/c1-6(12)11-9-4-3-7(14(2)13)5-8(9)10/h3-5H,10H2,1-2H3,(H,11,12). The van der Waals surface area contributed by atoms with Crippen LogP contribution in [0.4, 0.5) is 11.4 Å². The number of rotatable bonds is 2. The van der Waals surface area contributed by atoms with Crippen molar-refractivity contribution < 1.29 is 9.35 Å². The second kappa shape index (κ2) is 4.34. The molecule has 1 amide bonds. The van der Waals surface area contributed by atoms with Gasteiger partial charge in [-0.05, 0) is 23.3 Å².